The molecule has 0 aromatic heterocycles. The van der Waals surface area contributed by atoms with Crippen LogP contribution in [0.5, 0.6) is 0 Å². The normalized spacial score (nSPS) is 17.0. The summed E-state index contributed by atoms with van der Waals surface area (Å²) in [5.74, 6) is 0.479. The molecule has 1 unspecified atom stereocenters. The fraction of sp³-hybridized carbons (Fsp3) is 0.562. The molecular formula is C16H22ClF3N2OS. The highest BCUT2D eigenvalue weighted by molar-refractivity contribution is 8.00. The molecule has 3 nitrogen and oxygen atoms in total. The molecule has 1 fully saturated rings. The minimum Gasteiger partial charge on any atom is -0.325 e. The third kappa shape index (κ3) is 6.91. The van der Waals surface area contributed by atoms with Gasteiger partial charge in [0, 0.05) is 11.3 Å². The summed E-state index contributed by atoms with van der Waals surface area (Å²) in [5.41, 5.74) is -4.15. The van der Waals surface area contributed by atoms with Crippen molar-refractivity contribution in [3.05, 3.63) is 24.3 Å². The van der Waals surface area contributed by atoms with Crippen LogP contribution in [0.25, 0.3) is 0 Å². The smallest absolute Gasteiger partial charge is 0.325 e. The summed E-state index contributed by atoms with van der Waals surface area (Å²) in [7, 11) is 0. The number of hydrogen-bond donors (Lipinski definition) is 2. The Morgan fingerprint density at radius 3 is 2.58 bits per heavy atom. The fourth-order valence-electron chi connectivity index (χ4n) is 2.86. The molecule has 2 N–H and O–H groups in total. The van der Waals surface area contributed by atoms with Gasteiger partial charge in [0.05, 0.1) is 5.69 Å². The molecule has 0 bridgehead atoms. The number of para-hydroxylation sites is 1. The van der Waals surface area contributed by atoms with Crippen molar-refractivity contribution in [2.75, 3.05) is 18.4 Å². The maximum absolute atomic E-state index is 12.6. The number of thioether (sulfide) groups is 1. The SMILES string of the molecule is CC(CC(=O)Nc1ccccc1SC(F)(F)F)C1CCNCC1.Cl. The third-order valence-corrected chi connectivity index (χ3v) is 4.89. The molecule has 0 saturated carbocycles. The fourth-order valence-corrected chi connectivity index (χ4v) is 3.48. The Balaban J connectivity index is 0.00000288. The van der Waals surface area contributed by atoms with Gasteiger partial charge in [-0.15, -0.1) is 12.4 Å². The molecular weight excluding hydrogens is 361 g/mol. The molecule has 0 spiro atoms. The summed E-state index contributed by atoms with van der Waals surface area (Å²) < 4.78 is 37.7. The molecule has 2 rings (SSSR count). The van der Waals surface area contributed by atoms with E-state index in [0.29, 0.717) is 12.3 Å². The molecule has 1 amide bonds. The van der Waals surface area contributed by atoms with Crippen LogP contribution >= 0.6 is 24.2 Å². The van der Waals surface area contributed by atoms with Crippen LogP contribution < -0.4 is 10.6 Å². The Kier molecular flexibility index (Phi) is 8.39. The number of benzene rings is 1. The van der Waals surface area contributed by atoms with E-state index in [-0.39, 0.29) is 46.6 Å². The number of nitrogens with one attached hydrogen (secondary N) is 2. The number of halogens is 4. The highest BCUT2D eigenvalue weighted by Crippen LogP contribution is 2.40. The lowest BCUT2D eigenvalue weighted by atomic mass is 9.84. The number of carbonyl (C=O) groups is 1. The lowest BCUT2D eigenvalue weighted by Crippen LogP contribution is -2.32. The van der Waals surface area contributed by atoms with E-state index in [2.05, 4.69) is 10.6 Å². The van der Waals surface area contributed by atoms with Crippen molar-refractivity contribution < 1.29 is 18.0 Å². The van der Waals surface area contributed by atoms with Gasteiger partial charge in [-0.2, -0.15) is 13.2 Å². The summed E-state index contributed by atoms with van der Waals surface area (Å²) in [5, 5.41) is 5.91. The molecule has 8 heteroatoms. The largest absolute Gasteiger partial charge is 0.446 e. The van der Waals surface area contributed by atoms with Crippen molar-refractivity contribution in [1.29, 1.82) is 0 Å². The monoisotopic (exact) mass is 382 g/mol. The number of rotatable bonds is 5. The standard InChI is InChI=1S/C16H21F3N2OS.ClH/c1-11(12-6-8-20-9-7-12)10-15(22)21-13-4-2-3-5-14(13)23-16(17,18)19;/h2-5,11-12,20H,6-10H2,1H3,(H,21,22);1H. The summed E-state index contributed by atoms with van der Waals surface area (Å²) >= 11 is -0.207. The Morgan fingerprint density at radius 2 is 1.96 bits per heavy atom. The Bertz CT molecular complexity index is 536. The van der Waals surface area contributed by atoms with Crippen molar-refractivity contribution in [1.82, 2.24) is 5.32 Å². The zero-order valence-corrected chi connectivity index (χ0v) is 15.0. The predicted octanol–water partition coefficient (Wildman–Crippen LogP) is 4.68. The molecule has 1 saturated heterocycles. The van der Waals surface area contributed by atoms with E-state index in [4.69, 9.17) is 0 Å². The van der Waals surface area contributed by atoms with Crippen molar-refractivity contribution in [2.24, 2.45) is 11.8 Å². The summed E-state index contributed by atoms with van der Waals surface area (Å²) in [4.78, 5) is 12.2. The number of carbonyl (C=O) groups excluding carboxylic acids is 1. The molecule has 0 aliphatic carbocycles. The Hall–Kier alpha value is -0.920. The van der Waals surface area contributed by atoms with E-state index < -0.39 is 5.51 Å². The van der Waals surface area contributed by atoms with E-state index in [1.807, 2.05) is 6.92 Å². The quantitative estimate of drug-likeness (QED) is 0.726. The minimum absolute atomic E-state index is 0. The summed E-state index contributed by atoms with van der Waals surface area (Å²) in [6.45, 7) is 3.95. The number of anilines is 1. The molecule has 1 aliphatic heterocycles. The van der Waals surface area contributed by atoms with Crippen molar-refractivity contribution in [2.45, 2.75) is 36.6 Å². The van der Waals surface area contributed by atoms with E-state index in [9.17, 15) is 18.0 Å². The zero-order valence-electron chi connectivity index (χ0n) is 13.4. The first-order valence-corrected chi connectivity index (χ1v) is 8.52. The molecule has 1 atom stereocenters. The van der Waals surface area contributed by atoms with Gasteiger partial charge in [0.2, 0.25) is 5.91 Å². The van der Waals surface area contributed by atoms with Gasteiger partial charge in [-0.25, -0.2) is 0 Å². The zero-order chi connectivity index (χ0) is 16.9. The van der Waals surface area contributed by atoms with Crippen LogP contribution in [0.1, 0.15) is 26.2 Å². The number of hydrogen-bond acceptors (Lipinski definition) is 3. The second-order valence-corrected chi connectivity index (χ2v) is 6.97. The average molecular weight is 383 g/mol. The maximum atomic E-state index is 12.6. The maximum Gasteiger partial charge on any atom is 0.446 e. The van der Waals surface area contributed by atoms with Crippen LogP contribution in [0, 0.1) is 11.8 Å². The van der Waals surface area contributed by atoms with Crippen LogP contribution in [0.15, 0.2) is 29.2 Å². The molecule has 0 radical (unpaired) electrons. The highest BCUT2D eigenvalue weighted by Gasteiger charge is 2.30. The van der Waals surface area contributed by atoms with E-state index in [0.717, 1.165) is 25.9 Å². The summed E-state index contributed by atoms with van der Waals surface area (Å²) in [6, 6.07) is 6.01. The summed E-state index contributed by atoms with van der Waals surface area (Å²) in [6.07, 6.45) is 2.40. The van der Waals surface area contributed by atoms with Crippen LogP contribution in [0.3, 0.4) is 0 Å². The topological polar surface area (TPSA) is 41.1 Å². The second kappa shape index (κ2) is 9.53. The minimum atomic E-state index is -4.37. The van der Waals surface area contributed by atoms with E-state index in [1.54, 1.807) is 6.07 Å². The van der Waals surface area contributed by atoms with Crippen molar-refractivity contribution >= 4 is 35.8 Å². The van der Waals surface area contributed by atoms with Crippen molar-refractivity contribution in [3.8, 4) is 0 Å². The third-order valence-electron chi connectivity index (χ3n) is 4.08. The van der Waals surface area contributed by atoms with Gasteiger partial charge >= 0.3 is 5.51 Å². The van der Waals surface area contributed by atoms with Gasteiger partial charge in [0.15, 0.2) is 0 Å². The molecule has 1 aromatic rings. The lowest BCUT2D eigenvalue weighted by molar-refractivity contribution is -0.117. The molecule has 1 aliphatic rings. The number of alkyl halides is 3. The van der Waals surface area contributed by atoms with Crippen LogP contribution in [0.4, 0.5) is 18.9 Å². The Morgan fingerprint density at radius 1 is 1.33 bits per heavy atom. The molecule has 24 heavy (non-hydrogen) atoms. The first-order valence-electron chi connectivity index (χ1n) is 7.70. The van der Waals surface area contributed by atoms with Gasteiger partial charge in [-0.3, -0.25) is 4.79 Å². The van der Waals surface area contributed by atoms with Gasteiger partial charge in [-0.1, -0.05) is 19.1 Å². The van der Waals surface area contributed by atoms with Gasteiger partial charge in [0.25, 0.3) is 0 Å². The molecule has 1 aromatic carbocycles. The van der Waals surface area contributed by atoms with E-state index >= 15 is 0 Å². The van der Waals surface area contributed by atoms with Crippen LogP contribution in [-0.4, -0.2) is 24.5 Å². The van der Waals surface area contributed by atoms with Gasteiger partial charge in [-0.05, 0) is 61.7 Å². The van der Waals surface area contributed by atoms with Gasteiger partial charge < -0.3 is 10.6 Å². The molecule has 1 heterocycles. The number of amides is 1. The Labute approximate surface area is 150 Å². The molecule has 136 valence electrons. The second-order valence-electron chi connectivity index (χ2n) is 5.86. The average Bonchev–Trinajstić information content (AvgIpc) is 2.48. The predicted molar refractivity (Wildman–Crippen MR) is 93.6 cm³/mol. The highest BCUT2D eigenvalue weighted by atomic mass is 35.5. The van der Waals surface area contributed by atoms with Gasteiger partial charge in [0.1, 0.15) is 0 Å². The van der Waals surface area contributed by atoms with Crippen LogP contribution in [0.2, 0.25) is 0 Å². The van der Waals surface area contributed by atoms with E-state index in [1.165, 1.54) is 18.2 Å². The van der Waals surface area contributed by atoms with Crippen molar-refractivity contribution in [3.63, 3.8) is 0 Å². The lowest BCUT2D eigenvalue weighted by Gasteiger charge is -2.28. The first-order chi connectivity index (χ1) is 10.8. The first kappa shape index (κ1) is 21.1. The van der Waals surface area contributed by atoms with Crippen LogP contribution in [-0.2, 0) is 4.79 Å². The number of piperidine rings is 1.